The lowest BCUT2D eigenvalue weighted by molar-refractivity contribution is 0.269. The zero-order valence-corrected chi connectivity index (χ0v) is 10.5. The molecular weight excluding hydrogens is 202 g/mol. The molecule has 0 radical (unpaired) electrons. The minimum absolute atomic E-state index is 0.135. The molecule has 0 atom stereocenters. The average Bonchev–Trinajstić information content (AvgIpc) is 2.64. The van der Waals surface area contributed by atoms with Crippen LogP contribution in [0.15, 0.2) is 12.4 Å². The predicted octanol–water partition coefficient (Wildman–Crippen LogP) is 1.54. The third kappa shape index (κ3) is 4.33. The first-order valence-electron chi connectivity index (χ1n) is 5.94. The topological polar surface area (TPSA) is 50.1 Å². The van der Waals surface area contributed by atoms with E-state index in [9.17, 15) is 0 Å². The maximum atomic E-state index is 8.78. The summed E-state index contributed by atoms with van der Waals surface area (Å²) in [5.74, 6) is 0. The summed E-state index contributed by atoms with van der Waals surface area (Å²) in [6.45, 7) is 8.17. The Morgan fingerprint density at radius 1 is 1.50 bits per heavy atom. The second-order valence-electron chi connectivity index (χ2n) is 4.82. The van der Waals surface area contributed by atoms with E-state index in [1.165, 1.54) is 6.42 Å². The lowest BCUT2D eigenvalue weighted by Gasteiger charge is -2.25. The van der Waals surface area contributed by atoms with Crippen molar-refractivity contribution in [3.05, 3.63) is 18.0 Å². The standard InChI is InChI=1S/C12H23N3O/c1-4-5-12(2,3)13-8-11-9-14-15(10-11)6-7-16/h9-10,13,16H,4-8H2,1-3H3. The van der Waals surface area contributed by atoms with E-state index in [1.54, 1.807) is 4.68 Å². The van der Waals surface area contributed by atoms with Crippen LogP contribution in [-0.4, -0.2) is 27.0 Å². The van der Waals surface area contributed by atoms with Gasteiger partial charge in [0.1, 0.15) is 0 Å². The third-order valence-electron chi connectivity index (χ3n) is 2.66. The van der Waals surface area contributed by atoms with Gasteiger partial charge < -0.3 is 10.4 Å². The molecule has 0 spiro atoms. The number of hydrogen-bond donors (Lipinski definition) is 2. The SMILES string of the molecule is CCCC(C)(C)NCc1cnn(CCO)c1. The van der Waals surface area contributed by atoms with E-state index in [1.807, 2.05) is 12.4 Å². The molecule has 4 nitrogen and oxygen atoms in total. The number of rotatable bonds is 7. The molecule has 0 aliphatic carbocycles. The van der Waals surface area contributed by atoms with Crippen molar-refractivity contribution >= 4 is 0 Å². The van der Waals surface area contributed by atoms with Gasteiger partial charge in [-0.2, -0.15) is 5.10 Å². The van der Waals surface area contributed by atoms with Crippen LogP contribution in [0.2, 0.25) is 0 Å². The fraction of sp³-hybridized carbons (Fsp3) is 0.750. The molecule has 0 aromatic carbocycles. The molecule has 2 N–H and O–H groups in total. The minimum Gasteiger partial charge on any atom is -0.394 e. The van der Waals surface area contributed by atoms with Gasteiger partial charge in [-0.25, -0.2) is 0 Å². The van der Waals surface area contributed by atoms with E-state index in [-0.39, 0.29) is 12.1 Å². The van der Waals surface area contributed by atoms with E-state index < -0.39 is 0 Å². The summed E-state index contributed by atoms with van der Waals surface area (Å²) < 4.78 is 1.77. The van der Waals surface area contributed by atoms with Gasteiger partial charge in [0, 0.05) is 23.8 Å². The van der Waals surface area contributed by atoms with Crippen molar-refractivity contribution in [2.45, 2.75) is 52.2 Å². The second-order valence-corrected chi connectivity index (χ2v) is 4.82. The van der Waals surface area contributed by atoms with E-state index >= 15 is 0 Å². The van der Waals surface area contributed by atoms with Crippen molar-refractivity contribution in [1.82, 2.24) is 15.1 Å². The first-order chi connectivity index (χ1) is 7.57. The second kappa shape index (κ2) is 6.01. The molecule has 1 heterocycles. The van der Waals surface area contributed by atoms with Crippen LogP contribution in [0.25, 0.3) is 0 Å². The largest absolute Gasteiger partial charge is 0.394 e. The maximum Gasteiger partial charge on any atom is 0.0640 e. The molecule has 0 aliphatic rings. The van der Waals surface area contributed by atoms with Crippen LogP contribution < -0.4 is 5.32 Å². The van der Waals surface area contributed by atoms with Gasteiger partial charge in [-0.15, -0.1) is 0 Å². The fourth-order valence-electron chi connectivity index (χ4n) is 1.78. The Labute approximate surface area is 97.7 Å². The Hall–Kier alpha value is -0.870. The van der Waals surface area contributed by atoms with Crippen LogP contribution in [0.4, 0.5) is 0 Å². The minimum atomic E-state index is 0.135. The smallest absolute Gasteiger partial charge is 0.0640 e. The van der Waals surface area contributed by atoms with Gasteiger partial charge in [-0.1, -0.05) is 13.3 Å². The van der Waals surface area contributed by atoms with Crippen molar-refractivity contribution in [2.24, 2.45) is 0 Å². The quantitative estimate of drug-likeness (QED) is 0.740. The molecule has 0 bridgehead atoms. The van der Waals surface area contributed by atoms with E-state index in [2.05, 4.69) is 31.2 Å². The Balaban J connectivity index is 2.41. The van der Waals surface area contributed by atoms with Gasteiger partial charge in [-0.05, 0) is 20.3 Å². The zero-order chi connectivity index (χ0) is 12.0. The lowest BCUT2D eigenvalue weighted by atomic mass is 9.99. The Morgan fingerprint density at radius 2 is 2.25 bits per heavy atom. The Kier molecular flexibility index (Phi) is 4.96. The highest BCUT2D eigenvalue weighted by Crippen LogP contribution is 2.11. The van der Waals surface area contributed by atoms with Crippen LogP contribution in [0.3, 0.4) is 0 Å². The van der Waals surface area contributed by atoms with E-state index in [4.69, 9.17) is 5.11 Å². The molecule has 16 heavy (non-hydrogen) atoms. The van der Waals surface area contributed by atoms with Gasteiger partial charge in [0.2, 0.25) is 0 Å². The number of aliphatic hydroxyl groups is 1. The van der Waals surface area contributed by atoms with Crippen LogP contribution in [0.1, 0.15) is 39.2 Å². The van der Waals surface area contributed by atoms with Crippen LogP contribution in [0, 0.1) is 0 Å². The van der Waals surface area contributed by atoms with Gasteiger partial charge in [0.05, 0.1) is 19.3 Å². The summed E-state index contributed by atoms with van der Waals surface area (Å²) >= 11 is 0. The number of aromatic nitrogens is 2. The van der Waals surface area contributed by atoms with Crippen molar-refractivity contribution in [1.29, 1.82) is 0 Å². The number of aliphatic hydroxyl groups excluding tert-OH is 1. The monoisotopic (exact) mass is 225 g/mol. The summed E-state index contributed by atoms with van der Waals surface area (Å²) in [5, 5.41) is 16.5. The normalized spacial score (nSPS) is 12.0. The molecule has 0 unspecified atom stereocenters. The summed E-state index contributed by atoms with van der Waals surface area (Å²) in [6.07, 6.45) is 6.18. The lowest BCUT2D eigenvalue weighted by Crippen LogP contribution is -2.38. The summed E-state index contributed by atoms with van der Waals surface area (Å²) in [5.41, 5.74) is 1.34. The van der Waals surface area contributed by atoms with Crippen molar-refractivity contribution in [3.8, 4) is 0 Å². The summed E-state index contributed by atoms with van der Waals surface area (Å²) in [7, 11) is 0. The average molecular weight is 225 g/mol. The van der Waals surface area contributed by atoms with Crippen LogP contribution in [-0.2, 0) is 13.1 Å². The molecular formula is C12H23N3O. The molecule has 1 aromatic rings. The number of hydrogen-bond acceptors (Lipinski definition) is 3. The molecule has 0 saturated carbocycles. The molecule has 92 valence electrons. The fourth-order valence-corrected chi connectivity index (χ4v) is 1.78. The highest BCUT2D eigenvalue weighted by atomic mass is 16.3. The molecule has 0 saturated heterocycles. The van der Waals surface area contributed by atoms with Gasteiger partial charge in [0.25, 0.3) is 0 Å². The number of nitrogens with one attached hydrogen (secondary N) is 1. The first-order valence-corrected chi connectivity index (χ1v) is 5.94. The maximum absolute atomic E-state index is 8.78. The zero-order valence-electron chi connectivity index (χ0n) is 10.5. The number of nitrogens with zero attached hydrogens (tertiary/aromatic N) is 2. The van der Waals surface area contributed by atoms with Crippen LogP contribution in [0.5, 0.6) is 0 Å². The Bertz CT molecular complexity index is 307. The highest BCUT2D eigenvalue weighted by Gasteiger charge is 2.15. The molecule has 4 heteroatoms. The molecule has 0 amide bonds. The first kappa shape index (κ1) is 13.2. The van der Waals surface area contributed by atoms with E-state index in [0.717, 1.165) is 18.5 Å². The van der Waals surface area contributed by atoms with E-state index in [0.29, 0.717) is 6.54 Å². The molecule has 1 aromatic heterocycles. The predicted molar refractivity (Wildman–Crippen MR) is 65.1 cm³/mol. The third-order valence-corrected chi connectivity index (χ3v) is 2.66. The Morgan fingerprint density at radius 3 is 2.88 bits per heavy atom. The highest BCUT2D eigenvalue weighted by molar-refractivity contribution is 5.04. The van der Waals surface area contributed by atoms with Crippen molar-refractivity contribution < 1.29 is 5.11 Å². The molecule has 0 aliphatic heterocycles. The van der Waals surface area contributed by atoms with Gasteiger partial charge >= 0.3 is 0 Å². The molecule has 1 rings (SSSR count). The summed E-state index contributed by atoms with van der Waals surface area (Å²) in [4.78, 5) is 0. The van der Waals surface area contributed by atoms with Crippen molar-refractivity contribution in [2.75, 3.05) is 6.61 Å². The molecule has 0 fully saturated rings. The summed E-state index contributed by atoms with van der Waals surface area (Å²) in [6, 6.07) is 0. The van der Waals surface area contributed by atoms with Crippen molar-refractivity contribution in [3.63, 3.8) is 0 Å². The van der Waals surface area contributed by atoms with Gasteiger partial charge in [0.15, 0.2) is 0 Å². The van der Waals surface area contributed by atoms with Crippen LogP contribution >= 0.6 is 0 Å². The van der Waals surface area contributed by atoms with Gasteiger partial charge in [-0.3, -0.25) is 4.68 Å².